The van der Waals surface area contributed by atoms with Gasteiger partial charge < -0.3 is 10.2 Å². The Kier molecular flexibility index (Phi) is 4.68. The van der Waals surface area contributed by atoms with E-state index in [9.17, 15) is 9.59 Å². The Bertz CT molecular complexity index is 880. The lowest BCUT2D eigenvalue weighted by atomic mass is 9.73. The lowest BCUT2D eigenvalue weighted by Crippen LogP contribution is -2.48. The van der Waals surface area contributed by atoms with Crippen LogP contribution in [0.5, 0.6) is 0 Å². The molecule has 0 bridgehead atoms. The minimum absolute atomic E-state index is 0.0244. The fourth-order valence-corrected chi connectivity index (χ4v) is 4.75. The van der Waals surface area contributed by atoms with Gasteiger partial charge in [0.1, 0.15) is 0 Å². The van der Waals surface area contributed by atoms with Gasteiger partial charge in [0.25, 0.3) is 0 Å². The molecule has 0 radical (unpaired) electrons. The van der Waals surface area contributed by atoms with Gasteiger partial charge in [0.2, 0.25) is 11.8 Å². The summed E-state index contributed by atoms with van der Waals surface area (Å²) in [6, 6.07) is 7.75. The van der Waals surface area contributed by atoms with Gasteiger partial charge in [-0.3, -0.25) is 14.3 Å². The smallest absolute Gasteiger partial charge is 0.237 e. The predicted octanol–water partition coefficient (Wildman–Crippen LogP) is 3.22. The number of benzene rings is 1. The zero-order valence-corrected chi connectivity index (χ0v) is 16.1. The summed E-state index contributed by atoms with van der Waals surface area (Å²) in [7, 11) is 0. The molecule has 2 aromatic rings. The van der Waals surface area contributed by atoms with Gasteiger partial charge in [-0.25, -0.2) is 0 Å². The van der Waals surface area contributed by atoms with Crippen LogP contribution in [-0.4, -0.2) is 39.1 Å². The molecule has 1 N–H and O–H groups in total. The van der Waals surface area contributed by atoms with E-state index in [-0.39, 0.29) is 17.9 Å². The van der Waals surface area contributed by atoms with Crippen LogP contribution in [0, 0.1) is 0 Å². The second kappa shape index (κ2) is 7.00. The van der Waals surface area contributed by atoms with E-state index in [0.29, 0.717) is 31.0 Å². The van der Waals surface area contributed by atoms with E-state index in [2.05, 4.69) is 17.3 Å². The number of amides is 2. The topological polar surface area (TPSA) is 67.2 Å². The Balaban J connectivity index is 1.58. The zero-order chi connectivity index (χ0) is 19.0. The van der Waals surface area contributed by atoms with Crippen molar-refractivity contribution in [3.63, 3.8) is 0 Å². The van der Waals surface area contributed by atoms with Crippen molar-refractivity contribution in [1.29, 1.82) is 0 Å². The quantitative estimate of drug-likeness (QED) is 0.857. The van der Waals surface area contributed by atoms with Crippen LogP contribution in [0.1, 0.15) is 38.2 Å². The average Bonchev–Trinajstić information content (AvgIpc) is 3.32. The van der Waals surface area contributed by atoms with Gasteiger partial charge in [-0.2, -0.15) is 5.10 Å². The predicted molar refractivity (Wildman–Crippen MR) is 104 cm³/mol. The van der Waals surface area contributed by atoms with Gasteiger partial charge in [-0.1, -0.05) is 43.1 Å². The van der Waals surface area contributed by atoms with Gasteiger partial charge in [0.05, 0.1) is 22.7 Å². The highest BCUT2D eigenvalue weighted by Crippen LogP contribution is 2.49. The van der Waals surface area contributed by atoms with Crippen LogP contribution in [0.25, 0.3) is 0 Å². The minimum Gasteiger partial charge on any atom is -0.338 e. The van der Waals surface area contributed by atoms with Gasteiger partial charge in [0.15, 0.2) is 0 Å². The summed E-state index contributed by atoms with van der Waals surface area (Å²) in [6.45, 7) is 3.18. The number of rotatable bonds is 5. The summed E-state index contributed by atoms with van der Waals surface area (Å²) in [5.41, 5.74) is 1.28. The van der Waals surface area contributed by atoms with Crippen LogP contribution in [0.3, 0.4) is 0 Å². The van der Waals surface area contributed by atoms with E-state index in [1.54, 1.807) is 17.1 Å². The zero-order valence-electron chi connectivity index (χ0n) is 15.3. The van der Waals surface area contributed by atoms with Crippen molar-refractivity contribution >= 4 is 29.1 Å². The number of hydrogen-bond acceptors (Lipinski definition) is 3. The summed E-state index contributed by atoms with van der Waals surface area (Å²) < 4.78 is 1.68. The fourth-order valence-electron chi connectivity index (χ4n) is 4.59. The lowest BCUT2D eigenvalue weighted by molar-refractivity contribution is -0.133. The van der Waals surface area contributed by atoms with E-state index in [1.165, 1.54) is 0 Å². The Morgan fingerprint density at radius 3 is 2.96 bits per heavy atom. The SMILES string of the molecule is CCC[C@@H]1N(C(=O)CCn2cc(Cl)cn2)CC[C@]12C(=O)Nc1ccccc12. The Morgan fingerprint density at radius 2 is 2.22 bits per heavy atom. The maximum absolute atomic E-state index is 13.0. The van der Waals surface area contributed by atoms with E-state index in [4.69, 9.17) is 11.6 Å². The van der Waals surface area contributed by atoms with E-state index in [0.717, 1.165) is 24.1 Å². The number of hydrogen-bond donors (Lipinski definition) is 1. The molecule has 0 saturated carbocycles. The molecular formula is C20H23ClN4O2. The van der Waals surface area contributed by atoms with Crippen LogP contribution in [0.15, 0.2) is 36.7 Å². The molecule has 0 aliphatic carbocycles. The Morgan fingerprint density at radius 1 is 1.41 bits per heavy atom. The molecule has 1 aromatic carbocycles. The van der Waals surface area contributed by atoms with Crippen molar-refractivity contribution in [3.05, 3.63) is 47.2 Å². The van der Waals surface area contributed by atoms with Crippen molar-refractivity contribution in [2.24, 2.45) is 0 Å². The highest BCUT2D eigenvalue weighted by Gasteiger charge is 2.58. The molecule has 4 rings (SSSR count). The Labute approximate surface area is 163 Å². The number of nitrogens with zero attached hydrogens (tertiary/aromatic N) is 3. The summed E-state index contributed by atoms with van der Waals surface area (Å²) in [5.74, 6) is 0.0884. The number of para-hydroxylation sites is 1. The number of carbonyl (C=O) groups is 2. The normalized spacial score (nSPS) is 23.7. The molecule has 1 fully saturated rings. The van der Waals surface area contributed by atoms with Crippen LogP contribution >= 0.6 is 11.6 Å². The molecule has 1 spiro atoms. The van der Waals surface area contributed by atoms with Gasteiger partial charge in [-0.05, 0) is 24.5 Å². The molecule has 7 heteroatoms. The highest BCUT2D eigenvalue weighted by molar-refractivity contribution is 6.30. The van der Waals surface area contributed by atoms with Crippen molar-refractivity contribution in [1.82, 2.24) is 14.7 Å². The molecule has 1 saturated heterocycles. The first kappa shape index (κ1) is 18.0. The monoisotopic (exact) mass is 386 g/mol. The third kappa shape index (κ3) is 2.92. The van der Waals surface area contributed by atoms with Crippen molar-refractivity contribution in [3.8, 4) is 0 Å². The molecule has 2 atom stereocenters. The van der Waals surface area contributed by atoms with Crippen molar-refractivity contribution < 1.29 is 9.59 Å². The minimum atomic E-state index is -0.628. The molecule has 3 heterocycles. The molecule has 2 aliphatic rings. The number of anilines is 1. The number of halogens is 1. The van der Waals surface area contributed by atoms with E-state index in [1.807, 2.05) is 29.2 Å². The molecule has 2 aliphatic heterocycles. The second-order valence-electron chi connectivity index (χ2n) is 7.28. The number of nitrogens with one attached hydrogen (secondary N) is 1. The highest BCUT2D eigenvalue weighted by atomic mass is 35.5. The van der Waals surface area contributed by atoms with Gasteiger partial charge >= 0.3 is 0 Å². The Hall–Kier alpha value is -2.34. The number of aromatic nitrogens is 2. The molecule has 142 valence electrons. The molecular weight excluding hydrogens is 364 g/mol. The lowest BCUT2D eigenvalue weighted by Gasteiger charge is -2.34. The first-order chi connectivity index (χ1) is 13.1. The maximum Gasteiger partial charge on any atom is 0.237 e. The number of fused-ring (bicyclic) bond motifs is 2. The molecule has 2 amide bonds. The van der Waals surface area contributed by atoms with Gasteiger partial charge in [-0.15, -0.1) is 0 Å². The van der Waals surface area contributed by atoms with Gasteiger partial charge in [0, 0.05) is 31.4 Å². The molecule has 6 nitrogen and oxygen atoms in total. The third-order valence-electron chi connectivity index (χ3n) is 5.79. The molecule has 0 unspecified atom stereocenters. The summed E-state index contributed by atoms with van der Waals surface area (Å²) in [5, 5.41) is 7.73. The van der Waals surface area contributed by atoms with Crippen LogP contribution in [0.2, 0.25) is 5.02 Å². The second-order valence-corrected chi connectivity index (χ2v) is 7.72. The van der Waals surface area contributed by atoms with E-state index < -0.39 is 5.41 Å². The summed E-state index contributed by atoms with van der Waals surface area (Å²) in [4.78, 5) is 27.9. The third-order valence-corrected chi connectivity index (χ3v) is 5.99. The molecule has 27 heavy (non-hydrogen) atoms. The summed E-state index contributed by atoms with van der Waals surface area (Å²) in [6.07, 6.45) is 6.01. The van der Waals surface area contributed by atoms with Crippen LogP contribution in [-0.2, 0) is 21.5 Å². The number of carbonyl (C=O) groups excluding carboxylic acids is 2. The van der Waals surface area contributed by atoms with Crippen LogP contribution < -0.4 is 5.32 Å². The fraction of sp³-hybridized carbons (Fsp3) is 0.450. The van der Waals surface area contributed by atoms with E-state index >= 15 is 0 Å². The number of aryl methyl sites for hydroxylation is 1. The standard InChI is InChI=1S/C20H23ClN4O2/c1-2-5-17-20(15-6-3-4-7-16(15)23-19(20)27)9-11-25(17)18(26)8-10-24-13-14(21)12-22-24/h3-4,6-7,12-13,17H,2,5,8-11H2,1H3,(H,23,27)/t17-,20+/m0/s1. The first-order valence-electron chi connectivity index (χ1n) is 9.44. The average molecular weight is 387 g/mol. The van der Waals surface area contributed by atoms with Crippen molar-refractivity contribution in [2.45, 2.75) is 50.6 Å². The maximum atomic E-state index is 13.0. The number of likely N-dealkylation sites (tertiary alicyclic amines) is 1. The summed E-state index contributed by atoms with van der Waals surface area (Å²) >= 11 is 5.89. The van der Waals surface area contributed by atoms with Crippen molar-refractivity contribution in [2.75, 3.05) is 11.9 Å². The first-order valence-corrected chi connectivity index (χ1v) is 9.82. The largest absolute Gasteiger partial charge is 0.338 e. The van der Waals surface area contributed by atoms with Crippen LogP contribution in [0.4, 0.5) is 5.69 Å². The molecule has 1 aromatic heterocycles.